The minimum absolute atomic E-state index is 0.216. The van der Waals surface area contributed by atoms with Gasteiger partial charge in [0.15, 0.2) is 5.79 Å². The minimum Gasteiger partial charge on any atom is -0.350 e. The highest BCUT2D eigenvalue weighted by Gasteiger charge is 2.51. The Labute approximate surface area is 120 Å². The van der Waals surface area contributed by atoms with Gasteiger partial charge in [-0.25, -0.2) is 0 Å². The van der Waals surface area contributed by atoms with E-state index in [1.165, 1.54) is 18.4 Å². The van der Waals surface area contributed by atoms with Crippen LogP contribution < -0.4 is 0 Å². The topological polar surface area (TPSA) is 31.4 Å². The smallest absolute Gasteiger partial charge is 0.168 e. The highest BCUT2D eigenvalue weighted by atomic mass is 16.7. The number of aromatic nitrogens is 1. The molecule has 1 spiro atoms. The lowest BCUT2D eigenvalue weighted by atomic mass is 9.94. The van der Waals surface area contributed by atoms with E-state index in [4.69, 9.17) is 9.47 Å². The summed E-state index contributed by atoms with van der Waals surface area (Å²) in [4.78, 5) is 4.31. The zero-order chi connectivity index (χ0) is 13.6. The highest BCUT2D eigenvalue weighted by Crippen LogP contribution is 2.55. The van der Waals surface area contributed by atoms with Gasteiger partial charge in [0.2, 0.25) is 0 Å². The van der Waals surface area contributed by atoms with E-state index in [0.29, 0.717) is 5.92 Å². The van der Waals surface area contributed by atoms with Crippen LogP contribution >= 0.6 is 0 Å². The van der Waals surface area contributed by atoms with E-state index in [2.05, 4.69) is 24.0 Å². The van der Waals surface area contributed by atoms with Crippen molar-refractivity contribution in [1.82, 2.24) is 4.98 Å². The Morgan fingerprint density at radius 3 is 2.50 bits per heavy atom. The van der Waals surface area contributed by atoms with Gasteiger partial charge in [-0.3, -0.25) is 4.98 Å². The number of pyridine rings is 1. The molecule has 1 saturated heterocycles. The maximum Gasteiger partial charge on any atom is 0.168 e. The first-order valence-electron chi connectivity index (χ1n) is 7.95. The van der Waals surface area contributed by atoms with Gasteiger partial charge in [0.1, 0.15) is 0 Å². The summed E-state index contributed by atoms with van der Waals surface area (Å²) < 4.78 is 12.0. The molecule has 0 aromatic carbocycles. The van der Waals surface area contributed by atoms with Gasteiger partial charge in [-0.1, -0.05) is 0 Å². The SMILES string of the molecule is Cc1cc(C2C[C@@H]3CC4(C[C@@H]3C2)OCCCO4)ccn1. The Morgan fingerprint density at radius 1 is 1.15 bits per heavy atom. The Balaban J connectivity index is 1.46. The lowest BCUT2D eigenvalue weighted by Crippen LogP contribution is -2.38. The molecule has 20 heavy (non-hydrogen) atoms. The van der Waals surface area contributed by atoms with Crippen LogP contribution in [0, 0.1) is 18.8 Å². The van der Waals surface area contributed by atoms with Crippen molar-refractivity contribution in [2.24, 2.45) is 11.8 Å². The zero-order valence-electron chi connectivity index (χ0n) is 12.2. The van der Waals surface area contributed by atoms with Gasteiger partial charge in [0, 0.05) is 24.7 Å². The first kappa shape index (κ1) is 12.8. The third-order valence-corrected chi connectivity index (χ3v) is 5.40. The maximum absolute atomic E-state index is 5.99. The molecule has 1 aliphatic heterocycles. The molecule has 3 fully saturated rings. The van der Waals surface area contributed by atoms with E-state index < -0.39 is 0 Å². The number of ether oxygens (including phenoxy) is 2. The van der Waals surface area contributed by atoms with Gasteiger partial charge >= 0.3 is 0 Å². The Kier molecular flexibility index (Phi) is 3.08. The predicted molar refractivity (Wildman–Crippen MR) is 76.4 cm³/mol. The molecule has 3 aliphatic rings. The van der Waals surface area contributed by atoms with Crippen LogP contribution in [-0.4, -0.2) is 24.0 Å². The van der Waals surface area contributed by atoms with Crippen molar-refractivity contribution in [1.29, 1.82) is 0 Å². The molecule has 3 heteroatoms. The fraction of sp³-hybridized carbons (Fsp3) is 0.706. The second kappa shape index (κ2) is 4.81. The third-order valence-electron chi connectivity index (χ3n) is 5.40. The lowest BCUT2D eigenvalue weighted by Gasteiger charge is -2.34. The molecule has 1 aromatic rings. The van der Waals surface area contributed by atoms with Gasteiger partial charge in [0.25, 0.3) is 0 Å². The number of hydrogen-bond acceptors (Lipinski definition) is 3. The summed E-state index contributed by atoms with van der Waals surface area (Å²) in [6.07, 6.45) is 7.81. The van der Waals surface area contributed by atoms with E-state index >= 15 is 0 Å². The van der Waals surface area contributed by atoms with Crippen molar-refractivity contribution in [2.45, 2.75) is 50.7 Å². The molecule has 3 nitrogen and oxygen atoms in total. The predicted octanol–water partition coefficient (Wildman–Crippen LogP) is 3.43. The molecule has 2 aliphatic carbocycles. The van der Waals surface area contributed by atoms with Gasteiger partial charge in [0.05, 0.1) is 13.2 Å². The van der Waals surface area contributed by atoms with Crippen molar-refractivity contribution in [3.8, 4) is 0 Å². The van der Waals surface area contributed by atoms with Gasteiger partial charge in [-0.2, -0.15) is 0 Å². The van der Waals surface area contributed by atoms with E-state index in [9.17, 15) is 0 Å². The fourth-order valence-electron chi connectivity index (χ4n) is 4.54. The van der Waals surface area contributed by atoms with Crippen LogP contribution in [0.5, 0.6) is 0 Å². The summed E-state index contributed by atoms with van der Waals surface area (Å²) in [5.41, 5.74) is 2.61. The molecule has 0 bridgehead atoms. The molecule has 1 aromatic heterocycles. The van der Waals surface area contributed by atoms with Gasteiger partial charge in [-0.05, 0) is 61.6 Å². The van der Waals surface area contributed by atoms with Gasteiger partial charge < -0.3 is 9.47 Å². The summed E-state index contributed by atoms with van der Waals surface area (Å²) >= 11 is 0. The van der Waals surface area contributed by atoms with Crippen LogP contribution in [0.4, 0.5) is 0 Å². The zero-order valence-corrected chi connectivity index (χ0v) is 12.2. The number of nitrogens with zero attached hydrogens (tertiary/aromatic N) is 1. The molecule has 2 saturated carbocycles. The summed E-state index contributed by atoms with van der Waals surface area (Å²) in [7, 11) is 0. The van der Waals surface area contributed by atoms with Crippen LogP contribution in [0.1, 0.15) is 49.3 Å². The van der Waals surface area contributed by atoms with E-state index in [-0.39, 0.29) is 5.79 Å². The van der Waals surface area contributed by atoms with E-state index in [1.54, 1.807) is 0 Å². The van der Waals surface area contributed by atoms with Crippen LogP contribution in [-0.2, 0) is 9.47 Å². The molecule has 0 amide bonds. The Hall–Kier alpha value is -0.930. The standard InChI is InChI=1S/C17H23NO2/c1-12-7-13(3-4-18-12)14-8-15-10-17(11-16(15)9-14)19-5-2-6-20-17/h3-4,7,14-16H,2,5-6,8-11H2,1H3/t14?,15-,16+. The number of aryl methyl sites for hydroxylation is 1. The summed E-state index contributed by atoms with van der Waals surface area (Å²) in [5, 5.41) is 0. The van der Waals surface area contributed by atoms with Crippen molar-refractivity contribution in [2.75, 3.05) is 13.2 Å². The average Bonchev–Trinajstić information content (AvgIpc) is 2.95. The fourth-order valence-corrected chi connectivity index (χ4v) is 4.54. The molecular weight excluding hydrogens is 250 g/mol. The highest BCUT2D eigenvalue weighted by molar-refractivity contribution is 5.22. The van der Waals surface area contributed by atoms with Crippen LogP contribution in [0.2, 0.25) is 0 Å². The van der Waals surface area contributed by atoms with Crippen molar-refractivity contribution in [3.63, 3.8) is 0 Å². The van der Waals surface area contributed by atoms with Crippen molar-refractivity contribution in [3.05, 3.63) is 29.6 Å². The first-order valence-corrected chi connectivity index (χ1v) is 7.95. The third kappa shape index (κ3) is 2.17. The van der Waals surface area contributed by atoms with Gasteiger partial charge in [-0.15, -0.1) is 0 Å². The lowest BCUT2D eigenvalue weighted by molar-refractivity contribution is -0.265. The Morgan fingerprint density at radius 2 is 1.85 bits per heavy atom. The summed E-state index contributed by atoms with van der Waals surface area (Å²) in [5.74, 6) is 2.07. The van der Waals surface area contributed by atoms with E-state index in [0.717, 1.165) is 50.0 Å². The van der Waals surface area contributed by atoms with Crippen LogP contribution in [0.15, 0.2) is 18.3 Å². The van der Waals surface area contributed by atoms with Crippen LogP contribution in [0.3, 0.4) is 0 Å². The quantitative estimate of drug-likeness (QED) is 0.785. The molecule has 1 unspecified atom stereocenters. The Bertz CT molecular complexity index is 480. The number of fused-ring (bicyclic) bond motifs is 1. The van der Waals surface area contributed by atoms with Crippen molar-refractivity contribution >= 4 is 0 Å². The average molecular weight is 273 g/mol. The van der Waals surface area contributed by atoms with Crippen LogP contribution in [0.25, 0.3) is 0 Å². The largest absolute Gasteiger partial charge is 0.350 e. The van der Waals surface area contributed by atoms with E-state index in [1.807, 2.05) is 6.20 Å². The monoisotopic (exact) mass is 273 g/mol. The minimum atomic E-state index is -0.216. The second-order valence-corrected chi connectivity index (χ2v) is 6.79. The maximum atomic E-state index is 5.99. The molecule has 108 valence electrons. The molecule has 0 radical (unpaired) electrons. The van der Waals surface area contributed by atoms with Crippen molar-refractivity contribution < 1.29 is 9.47 Å². The number of hydrogen-bond donors (Lipinski definition) is 0. The normalized spacial score (nSPS) is 35.4. The number of rotatable bonds is 1. The molecule has 3 atom stereocenters. The molecule has 0 N–H and O–H groups in total. The second-order valence-electron chi connectivity index (χ2n) is 6.79. The molecular formula is C17H23NO2. The molecule has 2 heterocycles. The molecule has 4 rings (SSSR count). The first-order chi connectivity index (χ1) is 9.74. The summed E-state index contributed by atoms with van der Waals surface area (Å²) in [6.45, 7) is 3.84. The summed E-state index contributed by atoms with van der Waals surface area (Å²) in [6, 6.07) is 4.46.